The first-order chi connectivity index (χ1) is 16.1. The highest BCUT2D eigenvalue weighted by molar-refractivity contribution is 5.89. The van der Waals surface area contributed by atoms with E-state index in [1.807, 2.05) is 37.4 Å². The Morgan fingerprint density at radius 2 is 1.88 bits per heavy atom. The zero-order valence-electron chi connectivity index (χ0n) is 19.5. The van der Waals surface area contributed by atoms with Crippen LogP contribution in [0.5, 0.6) is 0 Å². The molecule has 0 radical (unpaired) electrons. The fourth-order valence-corrected chi connectivity index (χ4v) is 5.41. The molecule has 2 aromatic carbocycles. The number of hydrogen-bond donors (Lipinski definition) is 2. The first kappa shape index (κ1) is 23.9. The van der Waals surface area contributed by atoms with Gasteiger partial charge in [0.1, 0.15) is 5.82 Å². The summed E-state index contributed by atoms with van der Waals surface area (Å²) >= 11 is 0. The molecular weight excluding hydrogens is 417 g/mol. The van der Waals surface area contributed by atoms with Gasteiger partial charge in [-0.05, 0) is 93.8 Å². The van der Waals surface area contributed by atoms with Crippen LogP contribution in [0.3, 0.4) is 0 Å². The summed E-state index contributed by atoms with van der Waals surface area (Å²) in [5, 5.41) is 3.44. The smallest absolute Gasteiger partial charge is 0.356 e. The molecule has 2 N–H and O–H groups in total. The van der Waals surface area contributed by atoms with Gasteiger partial charge >= 0.3 is 5.97 Å². The third kappa shape index (κ3) is 6.85. The van der Waals surface area contributed by atoms with E-state index in [0.717, 1.165) is 45.3 Å². The van der Waals surface area contributed by atoms with E-state index in [1.54, 1.807) is 24.3 Å². The second-order valence-corrected chi connectivity index (χ2v) is 9.64. The van der Waals surface area contributed by atoms with Gasteiger partial charge in [0.25, 0.3) is 0 Å². The minimum absolute atomic E-state index is 0.153. The lowest BCUT2D eigenvalue weighted by molar-refractivity contribution is -0.00483. The van der Waals surface area contributed by atoms with E-state index in [0.29, 0.717) is 23.4 Å². The van der Waals surface area contributed by atoms with Gasteiger partial charge in [0.05, 0.1) is 5.56 Å². The molecule has 0 bridgehead atoms. The van der Waals surface area contributed by atoms with Crippen LogP contribution in [0.1, 0.15) is 48.0 Å². The van der Waals surface area contributed by atoms with Gasteiger partial charge in [-0.2, -0.15) is 0 Å². The predicted octanol–water partition coefficient (Wildman–Crippen LogP) is 4.20. The summed E-state index contributed by atoms with van der Waals surface area (Å²) in [6.45, 7) is 3.17. The molecule has 1 saturated heterocycles. The largest absolute Gasteiger partial charge is 0.366 e. The quantitative estimate of drug-likeness (QED) is 0.587. The van der Waals surface area contributed by atoms with Crippen molar-refractivity contribution >= 4 is 5.97 Å². The molecule has 1 aliphatic heterocycles. The number of halogens is 1. The molecule has 0 spiro atoms. The van der Waals surface area contributed by atoms with Crippen molar-refractivity contribution in [3.8, 4) is 0 Å². The summed E-state index contributed by atoms with van der Waals surface area (Å²) in [4.78, 5) is 20.5. The Labute approximate surface area is 196 Å². The lowest BCUT2D eigenvalue weighted by Crippen LogP contribution is -2.51. The number of benzene rings is 2. The van der Waals surface area contributed by atoms with Gasteiger partial charge in [-0.15, -0.1) is 5.48 Å². The standard InChI is InChI=1S/C27H36FN3O2/c1-29-25-13-14-26(30-33-27(32)22-7-3-2-4-8-22)23(17-25)19-31-15-5-6-21(18-31)16-20-9-11-24(28)12-10-20/h2-4,7-12,21,23,25-26,29-30H,5-6,13-19H2,1H3/t21-,23-,25+,26+/m0/s1. The molecule has 1 aliphatic carbocycles. The number of carbonyl (C=O) groups excluding carboxylic acids is 1. The molecule has 2 aromatic rings. The van der Waals surface area contributed by atoms with Crippen LogP contribution in [-0.4, -0.2) is 49.6 Å². The number of hydrogen-bond acceptors (Lipinski definition) is 5. The monoisotopic (exact) mass is 453 g/mol. The predicted molar refractivity (Wildman–Crippen MR) is 128 cm³/mol. The van der Waals surface area contributed by atoms with Crippen molar-refractivity contribution in [2.45, 2.75) is 50.6 Å². The van der Waals surface area contributed by atoms with Crippen LogP contribution >= 0.6 is 0 Å². The highest BCUT2D eigenvalue weighted by atomic mass is 19.1. The first-order valence-corrected chi connectivity index (χ1v) is 12.3. The average molecular weight is 454 g/mol. The van der Waals surface area contributed by atoms with Gasteiger partial charge < -0.3 is 15.1 Å². The summed E-state index contributed by atoms with van der Waals surface area (Å²) in [5.74, 6) is 0.494. The highest BCUT2D eigenvalue weighted by Gasteiger charge is 2.33. The molecule has 4 atom stereocenters. The van der Waals surface area contributed by atoms with E-state index in [4.69, 9.17) is 4.84 Å². The van der Waals surface area contributed by atoms with Crippen LogP contribution in [0.2, 0.25) is 0 Å². The molecule has 5 nitrogen and oxygen atoms in total. The third-order valence-electron chi connectivity index (χ3n) is 7.24. The van der Waals surface area contributed by atoms with Crippen LogP contribution in [0, 0.1) is 17.7 Å². The topological polar surface area (TPSA) is 53.6 Å². The molecular formula is C27H36FN3O2. The molecule has 0 unspecified atom stereocenters. The Kier molecular flexibility index (Phi) is 8.48. The van der Waals surface area contributed by atoms with E-state index in [1.165, 1.54) is 18.4 Å². The molecule has 178 valence electrons. The average Bonchev–Trinajstić information content (AvgIpc) is 2.85. The van der Waals surface area contributed by atoms with Gasteiger partial charge in [0.15, 0.2) is 0 Å². The SMILES string of the molecule is CN[C@@H]1CC[C@@H](NOC(=O)c2ccccc2)[C@H](CN2CCC[C@@H](Cc3ccc(F)cc3)C2)C1. The van der Waals surface area contributed by atoms with Gasteiger partial charge in [-0.1, -0.05) is 30.3 Å². The van der Waals surface area contributed by atoms with Crippen molar-refractivity contribution in [2.24, 2.45) is 11.8 Å². The van der Waals surface area contributed by atoms with Gasteiger partial charge in [0, 0.05) is 25.2 Å². The number of carbonyl (C=O) groups is 1. The molecule has 2 fully saturated rings. The van der Waals surface area contributed by atoms with Crippen molar-refractivity contribution in [2.75, 3.05) is 26.7 Å². The number of likely N-dealkylation sites (tertiary alicyclic amines) is 1. The number of nitrogens with one attached hydrogen (secondary N) is 2. The minimum atomic E-state index is -0.331. The summed E-state index contributed by atoms with van der Waals surface area (Å²) in [7, 11) is 2.03. The van der Waals surface area contributed by atoms with E-state index in [2.05, 4.69) is 15.7 Å². The molecule has 4 rings (SSSR count). The maximum Gasteiger partial charge on any atom is 0.356 e. The van der Waals surface area contributed by atoms with Crippen LogP contribution in [0.4, 0.5) is 4.39 Å². The second-order valence-electron chi connectivity index (χ2n) is 9.64. The molecule has 0 amide bonds. The highest BCUT2D eigenvalue weighted by Crippen LogP contribution is 2.28. The fourth-order valence-electron chi connectivity index (χ4n) is 5.41. The van der Waals surface area contributed by atoms with E-state index in [9.17, 15) is 9.18 Å². The van der Waals surface area contributed by atoms with E-state index >= 15 is 0 Å². The summed E-state index contributed by atoms with van der Waals surface area (Å²) < 4.78 is 13.2. The van der Waals surface area contributed by atoms with Gasteiger partial charge in [-0.3, -0.25) is 0 Å². The van der Waals surface area contributed by atoms with Crippen molar-refractivity contribution in [3.63, 3.8) is 0 Å². The van der Waals surface area contributed by atoms with Crippen LogP contribution in [0.15, 0.2) is 54.6 Å². The summed E-state index contributed by atoms with van der Waals surface area (Å²) in [6.07, 6.45) is 6.52. The van der Waals surface area contributed by atoms with E-state index < -0.39 is 0 Å². The molecule has 33 heavy (non-hydrogen) atoms. The normalized spacial score (nSPS) is 26.1. The number of nitrogens with zero attached hydrogens (tertiary/aromatic N) is 1. The minimum Gasteiger partial charge on any atom is -0.366 e. The van der Waals surface area contributed by atoms with Crippen LogP contribution < -0.4 is 10.8 Å². The van der Waals surface area contributed by atoms with Gasteiger partial charge in [-0.25, -0.2) is 9.18 Å². The Bertz CT molecular complexity index is 877. The second kappa shape index (κ2) is 11.7. The van der Waals surface area contributed by atoms with Crippen molar-refractivity contribution in [1.82, 2.24) is 15.7 Å². The summed E-state index contributed by atoms with van der Waals surface area (Å²) in [5.41, 5.74) is 4.89. The lowest BCUT2D eigenvalue weighted by atomic mass is 9.81. The van der Waals surface area contributed by atoms with E-state index in [-0.39, 0.29) is 17.8 Å². The van der Waals surface area contributed by atoms with Crippen LogP contribution in [0.25, 0.3) is 0 Å². The Morgan fingerprint density at radius 3 is 2.64 bits per heavy atom. The Hall–Kier alpha value is -2.28. The van der Waals surface area contributed by atoms with Crippen molar-refractivity contribution in [1.29, 1.82) is 0 Å². The number of piperidine rings is 1. The fraction of sp³-hybridized carbons (Fsp3) is 0.519. The third-order valence-corrected chi connectivity index (χ3v) is 7.24. The maximum absolute atomic E-state index is 13.2. The molecule has 1 saturated carbocycles. The number of rotatable bonds is 8. The van der Waals surface area contributed by atoms with Gasteiger partial charge in [0.2, 0.25) is 0 Å². The Balaban J connectivity index is 1.33. The first-order valence-electron chi connectivity index (χ1n) is 12.3. The molecule has 1 heterocycles. The number of hydroxylamine groups is 1. The molecule has 2 aliphatic rings. The summed E-state index contributed by atoms with van der Waals surface area (Å²) in [6, 6.07) is 16.7. The van der Waals surface area contributed by atoms with Crippen molar-refractivity contribution < 1.29 is 14.0 Å². The molecule has 0 aromatic heterocycles. The molecule has 6 heteroatoms. The Morgan fingerprint density at radius 1 is 1.09 bits per heavy atom. The van der Waals surface area contributed by atoms with Crippen molar-refractivity contribution in [3.05, 3.63) is 71.5 Å². The lowest BCUT2D eigenvalue weighted by Gasteiger charge is -2.41. The van der Waals surface area contributed by atoms with Crippen LogP contribution in [-0.2, 0) is 11.3 Å². The maximum atomic E-state index is 13.2. The zero-order chi connectivity index (χ0) is 23.0. The zero-order valence-corrected chi connectivity index (χ0v) is 19.5.